The molecular formula is C18H20BrNO4. The van der Waals surface area contributed by atoms with Gasteiger partial charge >= 0.3 is 6.09 Å². The van der Waals surface area contributed by atoms with Crippen molar-refractivity contribution in [3.8, 4) is 5.75 Å². The van der Waals surface area contributed by atoms with Crippen molar-refractivity contribution in [1.29, 1.82) is 0 Å². The van der Waals surface area contributed by atoms with Crippen LogP contribution in [0.25, 0.3) is 0 Å². The number of carbonyl (C=O) groups excluding carboxylic acids is 1. The number of nitrogens with zero attached hydrogens (tertiary/aromatic N) is 1. The molecule has 6 heteroatoms. The first kappa shape index (κ1) is 18.3. The number of amides is 1. The highest BCUT2D eigenvalue weighted by Gasteiger charge is 2.24. The Hall–Kier alpha value is -2.05. The van der Waals surface area contributed by atoms with Gasteiger partial charge in [-0.15, -0.1) is 0 Å². The summed E-state index contributed by atoms with van der Waals surface area (Å²) >= 11 is 3.45. The van der Waals surface area contributed by atoms with Crippen molar-refractivity contribution in [1.82, 2.24) is 4.90 Å². The molecule has 1 amide bonds. The van der Waals surface area contributed by atoms with Gasteiger partial charge in [-0.25, -0.2) is 4.79 Å². The van der Waals surface area contributed by atoms with Crippen LogP contribution in [0, 0.1) is 0 Å². The number of methoxy groups -OCH3 is 1. The molecule has 0 aliphatic rings. The van der Waals surface area contributed by atoms with E-state index < -0.39 is 12.1 Å². The minimum absolute atomic E-state index is 0.182. The zero-order valence-electron chi connectivity index (χ0n) is 13.6. The summed E-state index contributed by atoms with van der Waals surface area (Å²) in [6.07, 6.45) is -0.507. The Morgan fingerprint density at radius 2 is 1.96 bits per heavy atom. The van der Waals surface area contributed by atoms with Crippen LogP contribution in [0.15, 0.2) is 53.0 Å². The first-order valence-electron chi connectivity index (χ1n) is 7.44. The molecule has 0 bridgehead atoms. The third kappa shape index (κ3) is 4.49. The molecule has 0 spiro atoms. The predicted molar refractivity (Wildman–Crippen MR) is 94.9 cm³/mol. The van der Waals surface area contributed by atoms with Crippen molar-refractivity contribution in [2.45, 2.75) is 12.6 Å². The van der Waals surface area contributed by atoms with E-state index in [0.717, 1.165) is 15.6 Å². The molecule has 1 atom stereocenters. The number of aliphatic hydroxyl groups is 1. The van der Waals surface area contributed by atoms with E-state index in [4.69, 9.17) is 9.47 Å². The zero-order chi connectivity index (χ0) is 17.5. The summed E-state index contributed by atoms with van der Waals surface area (Å²) in [5, 5.41) is 9.76. The number of likely N-dealkylation sites (N-methyl/N-ethyl adjacent to an activating group) is 1. The van der Waals surface area contributed by atoms with E-state index in [0.29, 0.717) is 5.75 Å². The Morgan fingerprint density at radius 3 is 2.58 bits per heavy atom. The standard InChI is InChI=1S/C18H20BrNO4/c1-20(18(22)24-12-13-6-4-3-5-7-13)17(11-21)15-10-14(23-2)8-9-16(15)19/h3-10,17,21H,11-12H2,1-2H3. The van der Waals surface area contributed by atoms with Crippen LogP contribution < -0.4 is 4.74 Å². The fourth-order valence-corrected chi connectivity index (χ4v) is 2.79. The maximum atomic E-state index is 12.3. The van der Waals surface area contributed by atoms with Crippen molar-refractivity contribution in [3.63, 3.8) is 0 Å². The van der Waals surface area contributed by atoms with Crippen LogP contribution in [0.2, 0.25) is 0 Å². The normalized spacial score (nSPS) is 11.7. The Kier molecular flexibility index (Phi) is 6.63. The zero-order valence-corrected chi connectivity index (χ0v) is 15.2. The molecule has 0 saturated heterocycles. The lowest BCUT2D eigenvalue weighted by Gasteiger charge is -2.27. The molecule has 1 unspecified atom stereocenters. The molecule has 24 heavy (non-hydrogen) atoms. The molecule has 0 aliphatic carbocycles. The van der Waals surface area contributed by atoms with Crippen molar-refractivity contribution < 1.29 is 19.4 Å². The quantitative estimate of drug-likeness (QED) is 0.811. The first-order chi connectivity index (χ1) is 11.6. The van der Waals surface area contributed by atoms with Gasteiger partial charge in [0.1, 0.15) is 12.4 Å². The summed E-state index contributed by atoms with van der Waals surface area (Å²) < 4.78 is 11.3. The van der Waals surface area contributed by atoms with E-state index in [-0.39, 0.29) is 13.2 Å². The van der Waals surface area contributed by atoms with Crippen LogP contribution in [0.5, 0.6) is 5.75 Å². The van der Waals surface area contributed by atoms with Gasteiger partial charge in [-0.05, 0) is 29.3 Å². The topological polar surface area (TPSA) is 59.0 Å². The van der Waals surface area contributed by atoms with E-state index >= 15 is 0 Å². The molecule has 2 rings (SSSR count). The average Bonchev–Trinajstić information content (AvgIpc) is 2.62. The van der Waals surface area contributed by atoms with E-state index in [1.54, 1.807) is 26.3 Å². The lowest BCUT2D eigenvalue weighted by Crippen LogP contribution is -2.34. The fourth-order valence-electron chi connectivity index (χ4n) is 2.28. The molecular weight excluding hydrogens is 374 g/mol. The molecule has 1 N–H and O–H groups in total. The first-order valence-corrected chi connectivity index (χ1v) is 8.24. The lowest BCUT2D eigenvalue weighted by molar-refractivity contribution is 0.0757. The summed E-state index contributed by atoms with van der Waals surface area (Å²) in [6, 6.07) is 14.3. The molecule has 0 saturated carbocycles. The number of aliphatic hydroxyl groups excluding tert-OH is 1. The molecule has 0 aromatic heterocycles. The number of benzene rings is 2. The third-order valence-electron chi connectivity index (χ3n) is 3.70. The SMILES string of the molecule is COc1ccc(Br)c(C(CO)N(C)C(=O)OCc2ccccc2)c1. The van der Waals surface area contributed by atoms with Crippen molar-refractivity contribution >= 4 is 22.0 Å². The van der Waals surface area contributed by atoms with Crippen molar-refractivity contribution in [2.24, 2.45) is 0 Å². The van der Waals surface area contributed by atoms with Gasteiger partial charge in [-0.1, -0.05) is 46.3 Å². The van der Waals surface area contributed by atoms with E-state index in [1.807, 2.05) is 36.4 Å². The molecule has 5 nitrogen and oxygen atoms in total. The van der Waals surface area contributed by atoms with Crippen LogP contribution in [0.1, 0.15) is 17.2 Å². The highest BCUT2D eigenvalue weighted by molar-refractivity contribution is 9.10. The van der Waals surface area contributed by atoms with E-state index in [9.17, 15) is 9.90 Å². The van der Waals surface area contributed by atoms with Crippen LogP contribution in [0.3, 0.4) is 0 Å². The molecule has 0 fully saturated rings. The van der Waals surface area contributed by atoms with Crippen LogP contribution in [-0.2, 0) is 11.3 Å². The van der Waals surface area contributed by atoms with Crippen LogP contribution in [0.4, 0.5) is 4.79 Å². The van der Waals surface area contributed by atoms with Gasteiger partial charge < -0.3 is 19.5 Å². The molecule has 2 aromatic rings. The van der Waals surface area contributed by atoms with Crippen LogP contribution in [-0.4, -0.2) is 36.9 Å². The predicted octanol–water partition coefficient (Wildman–Crippen LogP) is 3.76. The molecule has 0 radical (unpaired) electrons. The average molecular weight is 394 g/mol. The molecule has 0 aliphatic heterocycles. The van der Waals surface area contributed by atoms with Gasteiger partial charge in [0, 0.05) is 11.5 Å². The second-order valence-corrected chi connectivity index (χ2v) is 6.09. The Bertz CT molecular complexity index is 678. The van der Waals surface area contributed by atoms with Gasteiger partial charge in [-0.3, -0.25) is 0 Å². The Morgan fingerprint density at radius 1 is 1.25 bits per heavy atom. The Labute approximate surface area is 149 Å². The summed E-state index contributed by atoms with van der Waals surface area (Å²) in [7, 11) is 3.17. The minimum atomic E-state index is -0.544. The molecule has 0 heterocycles. The highest BCUT2D eigenvalue weighted by Crippen LogP contribution is 2.30. The van der Waals surface area contributed by atoms with Gasteiger partial charge in [-0.2, -0.15) is 0 Å². The third-order valence-corrected chi connectivity index (χ3v) is 4.42. The number of rotatable bonds is 6. The second kappa shape index (κ2) is 8.70. The largest absolute Gasteiger partial charge is 0.497 e. The minimum Gasteiger partial charge on any atom is -0.497 e. The van der Waals surface area contributed by atoms with E-state index in [2.05, 4.69) is 15.9 Å². The lowest BCUT2D eigenvalue weighted by atomic mass is 10.1. The molecule has 128 valence electrons. The smallest absolute Gasteiger partial charge is 0.410 e. The monoisotopic (exact) mass is 393 g/mol. The number of halogens is 1. The van der Waals surface area contributed by atoms with Gasteiger partial charge in [0.15, 0.2) is 0 Å². The highest BCUT2D eigenvalue weighted by atomic mass is 79.9. The number of hydrogen-bond acceptors (Lipinski definition) is 4. The Balaban J connectivity index is 2.10. The second-order valence-electron chi connectivity index (χ2n) is 5.24. The maximum absolute atomic E-state index is 12.3. The fraction of sp³-hybridized carbons (Fsp3) is 0.278. The van der Waals surface area contributed by atoms with Gasteiger partial charge in [0.25, 0.3) is 0 Å². The summed E-state index contributed by atoms with van der Waals surface area (Å²) in [6.45, 7) is -0.0514. The van der Waals surface area contributed by atoms with Gasteiger partial charge in [0.2, 0.25) is 0 Å². The number of hydrogen-bond donors (Lipinski definition) is 1. The van der Waals surface area contributed by atoms with Gasteiger partial charge in [0.05, 0.1) is 19.8 Å². The summed E-state index contributed by atoms with van der Waals surface area (Å²) in [5.41, 5.74) is 1.65. The number of carbonyl (C=O) groups is 1. The van der Waals surface area contributed by atoms with Crippen molar-refractivity contribution in [2.75, 3.05) is 20.8 Å². The summed E-state index contributed by atoms with van der Waals surface area (Å²) in [5.74, 6) is 0.651. The van der Waals surface area contributed by atoms with Crippen LogP contribution >= 0.6 is 15.9 Å². The maximum Gasteiger partial charge on any atom is 0.410 e. The molecule has 2 aromatic carbocycles. The summed E-state index contributed by atoms with van der Waals surface area (Å²) in [4.78, 5) is 13.7. The van der Waals surface area contributed by atoms with E-state index in [1.165, 1.54) is 4.90 Å². The number of ether oxygens (including phenoxy) is 2. The van der Waals surface area contributed by atoms with Crippen molar-refractivity contribution in [3.05, 3.63) is 64.1 Å².